The van der Waals surface area contributed by atoms with Gasteiger partial charge in [-0.3, -0.25) is 28.2 Å². The minimum atomic E-state index is -4.16. The summed E-state index contributed by atoms with van der Waals surface area (Å²) >= 11 is 0.546. The summed E-state index contributed by atoms with van der Waals surface area (Å²) in [5.41, 5.74) is -1.49. The van der Waals surface area contributed by atoms with Crippen LogP contribution in [0.25, 0.3) is 0 Å². The number of aromatic amines is 1. The van der Waals surface area contributed by atoms with Gasteiger partial charge in [-0.2, -0.15) is 0 Å². The average Bonchev–Trinajstić information content (AvgIpc) is 2.86. The molecule has 29 heavy (non-hydrogen) atoms. The number of esters is 1. The van der Waals surface area contributed by atoms with Gasteiger partial charge in [0.05, 0.1) is 6.10 Å². The van der Waals surface area contributed by atoms with Crippen molar-refractivity contribution in [3.8, 4) is 0 Å². The summed E-state index contributed by atoms with van der Waals surface area (Å²) in [7, 11) is -4.16. The van der Waals surface area contributed by atoms with Crippen LogP contribution in [0.15, 0.2) is 21.9 Å². The molecule has 2 fully saturated rings. The highest BCUT2D eigenvalue weighted by molar-refractivity contribution is 8.01. The molecule has 162 valence electrons. The number of hydrogen-bond donors (Lipinski definition) is 3. The summed E-state index contributed by atoms with van der Waals surface area (Å²) in [6.07, 6.45) is -2.49. The molecule has 1 aromatic heterocycles. The maximum atomic E-state index is 15.3. The Kier molecular flexibility index (Phi) is 6.10. The first-order valence-electron chi connectivity index (χ1n) is 8.72. The van der Waals surface area contributed by atoms with Crippen LogP contribution >= 0.6 is 19.5 Å². The van der Waals surface area contributed by atoms with Gasteiger partial charge in [0.2, 0.25) is 5.00 Å². The van der Waals surface area contributed by atoms with Gasteiger partial charge in [-0.15, -0.1) is 0 Å². The maximum Gasteiger partial charge on any atom is 0.406 e. The molecule has 0 aromatic carbocycles. The highest BCUT2D eigenvalue weighted by Crippen LogP contribution is 2.62. The molecule has 3 rings (SSSR count). The smallest absolute Gasteiger partial charge is 0.406 e. The minimum absolute atomic E-state index is 0.399. The van der Waals surface area contributed by atoms with Crippen molar-refractivity contribution in [2.24, 2.45) is 0 Å². The van der Waals surface area contributed by atoms with Crippen LogP contribution in [0.3, 0.4) is 0 Å². The van der Waals surface area contributed by atoms with Crippen LogP contribution in [-0.2, 0) is 23.1 Å². The second-order valence-electron chi connectivity index (χ2n) is 6.94. The number of H-pyrrole nitrogens is 1. The predicted molar refractivity (Wildman–Crippen MR) is 100 cm³/mol. The van der Waals surface area contributed by atoms with Crippen molar-refractivity contribution in [1.29, 1.82) is 0 Å². The van der Waals surface area contributed by atoms with Crippen molar-refractivity contribution in [2.75, 3.05) is 6.61 Å². The molecular weight excluding hydrogens is 432 g/mol. The van der Waals surface area contributed by atoms with Crippen LogP contribution < -0.4 is 16.3 Å². The van der Waals surface area contributed by atoms with Crippen LogP contribution in [0.2, 0.25) is 0 Å². The van der Waals surface area contributed by atoms with E-state index in [0.717, 1.165) is 16.8 Å². The van der Waals surface area contributed by atoms with E-state index >= 15 is 4.39 Å². The number of aromatic nitrogens is 2. The van der Waals surface area contributed by atoms with E-state index in [-0.39, 0.29) is 0 Å². The fraction of sp³-hybridized carbons (Fsp3) is 0.667. The average molecular weight is 453 g/mol. The molecule has 1 aromatic rings. The number of carbonyl (C=O) groups is 1. The molecule has 0 radical (unpaired) electrons. The van der Waals surface area contributed by atoms with Crippen LogP contribution in [0.4, 0.5) is 4.39 Å². The lowest BCUT2D eigenvalue weighted by Gasteiger charge is -2.36. The minimum Gasteiger partial charge on any atom is -0.462 e. The highest BCUT2D eigenvalue weighted by Gasteiger charge is 2.63. The number of aliphatic hydroxyl groups is 1. The molecule has 3 N–H and O–H groups in total. The first-order valence-corrected chi connectivity index (χ1v) is 11.1. The lowest BCUT2D eigenvalue weighted by Crippen LogP contribution is -2.49. The molecule has 2 aliphatic heterocycles. The van der Waals surface area contributed by atoms with Crippen LogP contribution in [0.5, 0.6) is 0 Å². The number of nitrogens with one attached hydrogen (secondary N) is 2. The molecule has 14 heteroatoms. The van der Waals surface area contributed by atoms with Crippen LogP contribution in [0, 0.1) is 0 Å². The molecule has 2 saturated heterocycles. The van der Waals surface area contributed by atoms with E-state index in [9.17, 15) is 24.1 Å². The van der Waals surface area contributed by atoms with Gasteiger partial charge in [0.25, 0.3) is 5.56 Å². The fourth-order valence-corrected chi connectivity index (χ4v) is 6.19. The molecule has 0 saturated carbocycles. The quantitative estimate of drug-likeness (QED) is 0.419. The van der Waals surface area contributed by atoms with E-state index in [1.807, 2.05) is 4.98 Å². The third kappa shape index (κ3) is 4.49. The van der Waals surface area contributed by atoms with Crippen molar-refractivity contribution in [2.45, 2.75) is 55.5 Å². The highest BCUT2D eigenvalue weighted by atomic mass is 32.2. The third-order valence-corrected chi connectivity index (χ3v) is 7.38. The van der Waals surface area contributed by atoms with E-state index in [1.165, 1.54) is 6.92 Å². The Labute approximate surface area is 168 Å². The number of nitrogens with zero attached hydrogens (tertiary/aromatic N) is 1. The van der Waals surface area contributed by atoms with Gasteiger partial charge in [0.1, 0.15) is 30.2 Å². The number of hydrogen-bond acceptors (Lipinski definition) is 9. The summed E-state index contributed by atoms with van der Waals surface area (Å²) in [6.45, 7) is 3.94. The number of aliphatic hydroxyl groups excluding tert-OH is 1. The normalized spacial score (nSPS) is 35.3. The maximum absolute atomic E-state index is 15.3. The van der Waals surface area contributed by atoms with Crippen molar-refractivity contribution < 1.29 is 32.6 Å². The Hall–Kier alpha value is -1.50. The lowest BCUT2D eigenvalue weighted by molar-refractivity contribution is -0.149. The number of thioether (sulfide) groups is 1. The fourth-order valence-electron chi connectivity index (χ4n) is 2.89. The Morgan fingerprint density at radius 1 is 1.52 bits per heavy atom. The Bertz CT molecular complexity index is 954. The summed E-state index contributed by atoms with van der Waals surface area (Å²) < 4.78 is 44.4. The molecular formula is C15H21FN3O8PS. The first-order chi connectivity index (χ1) is 13.4. The zero-order valence-corrected chi connectivity index (χ0v) is 17.4. The summed E-state index contributed by atoms with van der Waals surface area (Å²) in [5, 5.41) is 9.45. The van der Waals surface area contributed by atoms with Gasteiger partial charge in [-0.25, -0.2) is 18.8 Å². The monoisotopic (exact) mass is 453 g/mol. The largest absolute Gasteiger partial charge is 0.462 e. The van der Waals surface area contributed by atoms with E-state index in [2.05, 4.69) is 5.09 Å². The topological polar surface area (TPSA) is 149 Å². The summed E-state index contributed by atoms with van der Waals surface area (Å²) in [6, 6.07) is -0.0351. The number of carbonyl (C=O) groups excluding carboxylic acids is 1. The SMILES string of the molecule is CC(C)OC(=O)C(C)NP1(=O)OC[C@@]2(F)S[C@@H](n3ccc(=O)[nH]c3=O)C(O)C2O1. The van der Waals surface area contributed by atoms with Crippen molar-refractivity contribution in [1.82, 2.24) is 14.6 Å². The Morgan fingerprint density at radius 3 is 2.83 bits per heavy atom. The van der Waals surface area contributed by atoms with E-state index in [4.69, 9.17) is 13.8 Å². The number of rotatable bonds is 5. The van der Waals surface area contributed by atoms with Gasteiger partial charge in [0.15, 0.2) is 0 Å². The molecule has 0 spiro atoms. The molecule has 0 bridgehead atoms. The van der Waals surface area contributed by atoms with Gasteiger partial charge in [-0.05, 0) is 20.8 Å². The number of fused-ring (bicyclic) bond motifs is 1. The van der Waals surface area contributed by atoms with E-state index < -0.39 is 66.3 Å². The van der Waals surface area contributed by atoms with Gasteiger partial charge < -0.3 is 9.84 Å². The number of ether oxygens (including phenoxy) is 1. The molecule has 0 amide bonds. The number of halogens is 1. The predicted octanol–water partition coefficient (Wildman–Crippen LogP) is 0.262. The molecule has 6 atom stereocenters. The summed E-state index contributed by atoms with van der Waals surface area (Å²) in [4.78, 5) is 37.1. The first kappa shape index (κ1) is 22.2. The zero-order valence-electron chi connectivity index (χ0n) is 15.7. The number of alkyl halides is 1. The van der Waals surface area contributed by atoms with Gasteiger partial charge in [-0.1, -0.05) is 11.8 Å². The van der Waals surface area contributed by atoms with Crippen molar-refractivity contribution in [3.05, 3.63) is 33.1 Å². The molecule has 3 heterocycles. The van der Waals surface area contributed by atoms with Crippen LogP contribution in [-0.4, -0.2) is 56.6 Å². The van der Waals surface area contributed by atoms with E-state index in [0.29, 0.717) is 11.8 Å². The standard InChI is InChI=1S/C15H21FN3O8PS/c1-7(2)26-13(22)8(3)18-28(24)25-6-15(16)11(27-28)10(21)12(29-15)19-5-4-9(20)17-14(19)23/h4-5,7-8,10-12,21H,6H2,1-3H3,(H,18,24)(H,17,20,23)/t8?,10?,11?,12-,15-,28?/m1/s1. The lowest BCUT2D eigenvalue weighted by atomic mass is 10.1. The van der Waals surface area contributed by atoms with Crippen LogP contribution in [0.1, 0.15) is 26.1 Å². The zero-order chi connectivity index (χ0) is 21.6. The molecule has 0 aliphatic carbocycles. The second-order valence-corrected chi connectivity index (χ2v) is 10.1. The Morgan fingerprint density at radius 2 is 2.21 bits per heavy atom. The molecule has 2 aliphatic rings. The van der Waals surface area contributed by atoms with E-state index in [1.54, 1.807) is 13.8 Å². The summed E-state index contributed by atoms with van der Waals surface area (Å²) in [5.74, 6) is -0.710. The Balaban J connectivity index is 1.78. The second kappa shape index (κ2) is 7.97. The van der Waals surface area contributed by atoms with Gasteiger partial charge >= 0.3 is 19.4 Å². The third-order valence-electron chi connectivity index (χ3n) is 4.21. The molecule has 11 nitrogen and oxygen atoms in total. The van der Waals surface area contributed by atoms with Crippen molar-refractivity contribution >= 4 is 25.5 Å². The van der Waals surface area contributed by atoms with Crippen molar-refractivity contribution in [3.63, 3.8) is 0 Å². The molecule has 4 unspecified atom stereocenters. The van der Waals surface area contributed by atoms with Gasteiger partial charge in [0, 0.05) is 12.3 Å².